The minimum Gasteiger partial charge on any atom is -0.348 e. The molecule has 5 nitrogen and oxygen atoms in total. The third-order valence-corrected chi connectivity index (χ3v) is 5.99. The molecule has 0 bridgehead atoms. The summed E-state index contributed by atoms with van der Waals surface area (Å²) in [4.78, 5) is 12.5. The lowest BCUT2D eigenvalue weighted by molar-refractivity contribution is 0.0947. The van der Waals surface area contributed by atoms with Crippen molar-refractivity contribution in [1.29, 1.82) is 0 Å². The summed E-state index contributed by atoms with van der Waals surface area (Å²) in [6, 6.07) is 12.5. The van der Waals surface area contributed by atoms with E-state index in [2.05, 4.69) is 22.8 Å². The van der Waals surface area contributed by atoms with Gasteiger partial charge in [0, 0.05) is 19.6 Å². The predicted octanol–water partition coefficient (Wildman–Crippen LogP) is 2.44. The number of hydrogen-bond donors (Lipinski definition) is 2. The average molecular weight is 381 g/mol. The molecular weight excluding hydrogens is 360 g/mol. The van der Waals surface area contributed by atoms with Crippen LogP contribution in [0.2, 0.25) is 0 Å². The Kier molecular flexibility index (Phi) is 6.21. The maximum Gasteiger partial charge on any atom is 0.252 e. The molecule has 2 N–H and O–H groups in total. The summed E-state index contributed by atoms with van der Waals surface area (Å²) < 4.78 is 24.3. The molecule has 0 saturated heterocycles. The first-order valence-electron chi connectivity index (χ1n) is 7.92. The molecule has 0 aliphatic carbocycles. The number of fused-ring (bicyclic) bond motifs is 1. The second kappa shape index (κ2) is 7.99. The van der Waals surface area contributed by atoms with Crippen LogP contribution in [0.4, 0.5) is 0 Å². The van der Waals surface area contributed by atoms with Crippen LogP contribution in [0.15, 0.2) is 47.4 Å². The molecule has 2 aromatic carbocycles. The Labute approximate surface area is 154 Å². The lowest BCUT2D eigenvalue weighted by atomic mass is 10.1. The Balaban J connectivity index is 0.00000225. The van der Waals surface area contributed by atoms with Gasteiger partial charge in [0.1, 0.15) is 0 Å². The number of benzene rings is 2. The minimum absolute atomic E-state index is 0. The maximum atomic E-state index is 12.4. The Hall–Kier alpha value is -1.89. The first-order chi connectivity index (χ1) is 11.5. The molecule has 7 heteroatoms. The smallest absolute Gasteiger partial charge is 0.252 e. The molecule has 0 spiro atoms. The van der Waals surface area contributed by atoms with Crippen LogP contribution in [0.1, 0.15) is 34.0 Å². The molecule has 25 heavy (non-hydrogen) atoms. The largest absolute Gasteiger partial charge is 0.348 e. The van der Waals surface area contributed by atoms with Crippen LogP contribution in [0.5, 0.6) is 0 Å². The number of rotatable bonds is 5. The van der Waals surface area contributed by atoms with Crippen molar-refractivity contribution in [3.8, 4) is 0 Å². The molecular formula is C18H21ClN2O3S. The van der Waals surface area contributed by atoms with Gasteiger partial charge in [0.25, 0.3) is 5.91 Å². The van der Waals surface area contributed by atoms with Crippen molar-refractivity contribution in [3.05, 3.63) is 64.7 Å². The number of sulfone groups is 1. The predicted molar refractivity (Wildman–Crippen MR) is 99.6 cm³/mol. The fraction of sp³-hybridized carbons (Fsp3) is 0.278. The van der Waals surface area contributed by atoms with Crippen molar-refractivity contribution in [1.82, 2.24) is 10.6 Å². The SMILES string of the molecule is CCS(=O)(=O)c1ccccc1C(=O)NCc1ccc2c(c1)CNC2.Cl. The van der Waals surface area contributed by atoms with Gasteiger partial charge in [0.15, 0.2) is 9.84 Å². The van der Waals surface area contributed by atoms with Crippen molar-refractivity contribution in [2.75, 3.05) is 5.75 Å². The number of amides is 1. The maximum absolute atomic E-state index is 12.4. The Morgan fingerprint density at radius 2 is 1.84 bits per heavy atom. The molecule has 1 heterocycles. The zero-order chi connectivity index (χ0) is 17.2. The molecule has 2 aromatic rings. The average Bonchev–Trinajstić information content (AvgIpc) is 3.07. The molecule has 0 atom stereocenters. The van der Waals surface area contributed by atoms with Crippen LogP contribution in [-0.4, -0.2) is 20.1 Å². The van der Waals surface area contributed by atoms with E-state index in [9.17, 15) is 13.2 Å². The molecule has 0 unspecified atom stereocenters. The third kappa shape index (κ3) is 4.21. The van der Waals surface area contributed by atoms with E-state index in [0.717, 1.165) is 18.7 Å². The van der Waals surface area contributed by atoms with Crippen LogP contribution in [0, 0.1) is 0 Å². The fourth-order valence-corrected chi connectivity index (χ4v) is 3.91. The van der Waals surface area contributed by atoms with Crippen molar-refractivity contribution in [3.63, 3.8) is 0 Å². The second-order valence-electron chi connectivity index (χ2n) is 5.79. The first kappa shape index (κ1) is 19.4. The van der Waals surface area contributed by atoms with Gasteiger partial charge in [-0.15, -0.1) is 12.4 Å². The molecule has 0 saturated carbocycles. The van der Waals surface area contributed by atoms with Gasteiger partial charge in [-0.1, -0.05) is 37.3 Å². The number of carbonyl (C=O) groups is 1. The van der Waals surface area contributed by atoms with E-state index in [1.165, 1.54) is 17.2 Å². The summed E-state index contributed by atoms with van der Waals surface area (Å²) in [7, 11) is -3.43. The summed E-state index contributed by atoms with van der Waals surface area (Å²) in [5.74, 6) is -0.406. The summed E-state index contributed by atoms with van der Waals surface area (Å²) in [6.45, 7) is 3.66. The Bertz CT molecular complexity index is 882. The van der Waals surface area contributed by atoms with E-state index in [1.807, 2.05) is 6.07 Å². The molecule has 0 radical (unpaired) electrons. The van der Waals surface area contributed by atoms with Gasteiger partial charge in [0.05, 0.1) is 16.2 Å². The zero-order valence-corrected chi connectivity index (χ0v) is 15.5. The van der Waals surface area contributed by atoms with E-state index < -0.39 is 9.84 Å². The molecule has 3 rings (SSSR count). The molecule has 1 amide bonds. The van der Waals surface area contributed by atoms with E-state index >= 15 is 0 Å². The van der Waals surface area contributed by atoms with E-state index in [1.54, 1.807) is 25.1 Å². The summed E-state index contributed by atoms with van der Waals surface area (Å²) in [5, 5.41) is 6.10. The number of halogens is 1. The highest BCUT2D eigenvalue weighted by molar-refractivity contribution is 7.91. The summed E-state index contributed by atoms with van der Waals surface area (Å²) in [5.41, 5.74) is 3.73. The third-order valence-electron chi connectivity index (χ3n) is 4.20. The normalized spacial score (nSPS) is 13.0. The minimum atomic E-state index is -3.43. The van der Waals surface area contributed by atoms with Gasteiger partial charge in [-0.05, 0) is 28.8 Å². The second-order valence-corrected chi connectivity index (χ2v) is 8.04. The lowest BCUT2D eigenvalue weighted by Gasteiger charge is -2.10. The van der Waals surface area contributed by atoms with Crippen LogP contribution in [0.3, 0.4) is 0 Å². The molecule has 0 fully saturated rings. The van der Waals surface area contributed by atoms with Gasteiger partial charge >= 0.3 is 0 Å². The lowest BCUT2D eigenvalue weighted by Crippen LogP contribution is -2.25. The number of carbonyl (C=O) groups excluding carboxylic acids is 1. The van der Waals surface area contributed by atoms with Crippen LogP contribution >= 0.6 is 12.4 Å². The molecule has 0 aromatic heterocycles. The van der Waals surface area contributed by atoms with Crippen LogP contribution < -0.4 is 10.6 Å². The highest BCUT2D eigenvalue weighted by atomic mass is 35.5. The Morgan fingerprint density at radius 1 is 1.12 bits per heavy atom. The number of nitrogens with one attached hydrogen (secondary N) is 2. The Morgan fingerprint density at radius 3 is 2.60 bits per heavy atom. The van der Waals surface area contributed by atoms with E-state index in [0.29, 0.717) is 6.54 Å². The summed E-state index contributed by atoms with van der Waals surface area (Å²) in [6.07, 6.45) is 0. The molecule has 1 aliphatic heterocycles. The van der Waals surface area contributed by atoms with Crippen molar-refractivity contribution in [2.45, 2.75) is 31.5 Å². The van der Waals surface area contributed by atoms with Gasteiger partial charge in [-0.3, -0.25) is 4.79 Å². The quantitative estimate of drug-likeness (QED) is 0.835. The monoisotopic (exact) mass is 380 g/mol. The zero-order valence-electron chi connectivity index (χ0n) is 13.9. The van der Waals surface area contributed by atoms with Gasteiger partial charge < -0.3 is 10.6 Å². The van der Waals surface area contributed by atoms with Crippen molar-refractivity contribution >= 4 is 28.2 Å². The van der Waals surface area contributed by atoms with Crippen LogP contribution in [-0.2, 0) is 29.5 Å². The number of hydrogen-bond acceptors (Lipinski definition) is 4. The highest BCUT2D eigenvalue weighted by Gasteiger charge is 2.20. The first-order valence-corrected chi connectivity index (χ1v) is 9.58. The highest BCUT2D eigenvalue weighted by Crippen LogP contribution is 2.19. The van der Waals surface area contributed by atoms with E-state index in [-0.39, 0.29) is 34.5 Å². The topological polar surface area (TPSA) is 75.3 Å². The fourth-order valence-electron chi connectivity index (χ4n) is 2.82. The van der Waals surface area contributed by atoms with Crippen LogP contribution in [0.25, 0.3) is 0 Å². The standard InChI is InChI=1S/C18H20N2O3S.ClH/c1-2-24(22,23)17-6-4-3-5-16(17)18(21)20-10-13-7-8-14-11-19-12-15(14)9-13;/h3-9,19H,2,10-12H2,1H3,(H,20,21);1H. The van der Waals surface area contributed by atoms with Crippen molar-refractivity contribution < 1.29 is 13.2 Å². The molecule has 134 valence electrons. The van der Waals surface area contributed by atoms with Crippen molar-refractivity contribution in [2.24, 2.45) is 0 Å². The molecule has 1 aliphatic rings. The van der Waals surface area contributed by atoms with Gasteiger partial charge in [-0.25, -0.2) is 8.42 Å². The van der Waals surface area contributed by atoms with Gasteiger partial charge in [0.2, 0.25) is 0 Å². The van der Waals surface area contributed by atoms with E-state index in [4.69, 9.17) is 0 Å². The van der Waals surface area contributed by atoms with Gasteiger partial charge in [-0.2, -0.15) is 0 Å². The summed E-state index contributed by atoms with van der Waals surface area (Å²) >= 11 is 0.